The third kappa shape index (κ3) is 6.13. The number of rotatable bonds is 8. The molecule has 0 atom stereocenters. The molecule has 0 saturated heterocycles. The monoisotopic (exact) mass is 562 g/mol. The van der Waals surface area contributed by atoms with E-state index in [2.05, 4.69) is 25.7 Å². The Morgan fingerprint density at radius 2 is 1.57 bits per heavy atom. The number of nitrogens with one attached hydrogen (secondary N) is 2. The second-order valence-corrected chi connectivity index (χ2v) is 11.1. The van der Waals surface area contributed by atoms with Crippen molar-refractivity contribution in [1.82, 2.24) is 15.0 Å². The maximum atomic E-state index is 14.0. The van der Waals surface area contributed by atoms with E-state index in [9.17, 15) is 27.5 Å². The van der Waals surface area contributed by atoms with Gasteiger partial charge in [-0.3, -0.25) is 9.59 Å². The van der Waals surface area contributed by atoms with Crippen molar-refractivity contribution in [3.63, 3.8) is 0 Å². The number of anilines is 2. The number of sulfone groups is 1. The molecule has 0 saturated carbocycles. The highest BCUT2D eigenvalue weighted by Gasteiger charge is 2.20. The normalized spacial score (nSPS) is 11.2. The standard InChI is InChI=1S/C27H23FN6O5S/c1-16(2)15-40(38,39)19-7-4-17(5-8-19)26(36)33-23-13-24(34-30-10-11-31-34)22(14-25(23)35)32-27(37)18-6-9-21(29-3)20(28)12-18/h4-14,16,35H,15H2,1-2H3,(H,32,37)(H,33,36). The first kappa shape index (κ1) is 27.9. The zero-order valence-electron chi connectivity index (χ0n) is 21.3. The molecule has 0 aliphatic heterocycles. The van der Waals surface area contributed by atoms with Crippen LogP contribution in [0.5, 0.6) is 5.75 Å². The third-order valence-electron chi connectivity index (χ3n) is 5.60. The summed E-state index contributed by atoms with van der Waals surface area (Å²) in [6.45, 7) is 10.5. The lowest BCUT2D eigenvalue weighted by Crippen LogP contribution is -2.16. The number of phenols is 1. The second-order valence-electron chi connectivity index (χ2n) is 9.09. The van der Waals surface area contributed by atoms with Crippen molar-refractivity contribution in [1.29, 1.82) is 0 Å². The van der Waals surface area contributed by atoms with Gasteiger partial charge in [0.2, 0.25) is 5.69 Å². The summed E-state index contributed by atoms with van der Waals surface area (Å²) in [7, 11) is -3.50. The summed E-state index contributed by atoms with van der Waals surface area (Å²) in [5, 5.41) is 23.8. The maximum Gasteiger partial charge on any atom is 0.255 e. The van der Waals surface area contributed by atoms with Crippen molar-refractivity contribution in [3.8, 4) is 11.4 Å². The van der Waals surface area contributed by atoms with E-state index in [1.807, 2.05) is 0 Å². The predicted octanol–water partition coefficient (Wildman–Crippen LogP) is 4.60. The smallest absolute Gasteiger partial charge is 0.255 e. The largest absolute Gasteiger partial charge is 0.506 e. The van der Waals surface area contributed by atoms with Crippen molar-refractivity contribution in [3.05, 3.63) is 95.4 Å². The number of phenolic OH excluding ortho intramolecular Hbond substituents is 1. The van der Waals surface area contributed by atoms with E-state index in [0.717, 1.165) is 16.9 Å². The molecular formula is C27H23FN6O5S. The summed E-state index contributed by atoms with van der Waals surface area (Å²) in [6.07, 6.45) is 2.76. The Hall–Kier alpha value is -5.09. The summed E-state index contributed by atoms with van der Waals surface area (Å²) < 4.78 is 38.9. The number of benzene rings is 3. The minimum atomic E-state index is -3.50. The van der Waals surface area contributed by atoms with Gasteiger partial charge in [0.1, 0.15) is 17.3 Å². The number of hydrogen-bond acceptors (Lipinski definition) is 7. The first-order chi connectivity index (χ1) is 19.0. The molecule has 11 nitrogen and oxygen atoms in total. The molecule has 204 valence electrons. The van der Waals surface area contributed by atoms with Crippen LogP contribution in [-0.4, -0.2) is 46.1 Å². The summed E-state index contributed by atoms with van der Waals surface area (Å²) in [5.74, 6) is -2.72. The highest BCUT2D eigenvalue weighted by Crippen LogP contribution is 2.33. The van der Waals surface area contributed by atoms with Crippen LogP contribution in [-0.2, 0) is 9.84 Å². The quantitative estimate of drug-likeness (QED) is 0.210. The van der Waals surface area contributed by atoms with Crippen LogP contribution < -0.4 is 10.6 Å². The number of halogens is 1. The summed E-state index contributed by atoms with van der Waals surface area (Å²) in [4.78, 5) is 30.0. The third-order valence-corrected chi connectivity index (χ3v) is 7.70. The summed E-state index contributed by atoms with van der Waals surface area (Å²) >= 11 is 0. The minimum absolute atomic E-state index is 0.0270. The van der Waals surface area contributed by atoms with Gasteiger partial charge in [-0.1, -0.05) is 26.0 Å². The summed E-state index contributed by atoms with van der Waals surface area (Å²) in [6, 6.07) is 11.3. The zero-order valence-corrected chi connectivity index (χ0v) is 22.1. The van der Waals surface area contributed by atoms with Crippen molar-refractivity contribution < 1.29 is 27.5 Å². The van der Waals surface area contributed by atoms with Crippen LogP contribution in [0.3, 0.4) is 0 Å². The number of aromatic hydroxyl groups is 1. The van der Waals surface area contributed by atoms with E-state index < -0.39 is 33.2 Å². The molecule has 13 heteroatoms. The first-order valence-electron chi connectivity index (χ1n) is 11.8. The zero-order chi connectivity index (χ0) is 29.0. The number of amides is 2. The number of carbonyl (C=O) groups excluding carboxylic acids is 2. The van der Waals surface area contributed by atoms with Gasteiger partial charge in [0.25, 0.3) is 11.8 Å². The van der Waals surface area contributed by atoms with Crippen LogP contribution in [0.2, 0.25) is 0 Å². The predicted molar refractivity (Wildman–Crippen MR) is 145 cm³/mol. The number of aromatic nitrogens is 3. The van der Waals surface area contributed by atoms with Crippen molar-refractivity contribution >= 4 is 38.7 Å². The van der Waals surface area contributed by atoms with Crippen molar-refractivity contribution in [2.75, 3.05) is 16.4 Å². The van der Waals surface area contributed by atoms with Crippen LogP contribution in [0.15, 0.2) is 71.9 Å². The van der Waals surface area contributed by atoms with Crippen LogP contribution in [0.25, 0.3) is 10.5 Å². The van der Waals surface area contributed by atoms with Gasteiger partial charge >= 0.3 is 0 Å². The Bertz CT molecular complexity index is 1730. The van der Waals surface area contributed by atoms with Crippen LogP contribution in [0.1, 0.15) is 34.6 Å². The number of hydrogen-bond donors (Lipinski definition) is 3. The molecule has 4 aromatic rings. The van der Waals surface area contributed by atoms with Gasteiger partial charge < -0.3 is 15.7 Å². The van der Waals surface area contributed by atoms with E-state index in [4.69, 9.17) is 6.57 Å². The Labute approximate surface area is 229 Å². The SMILES string of the molecule is [C-]#[N+]c1ccc(C(=O)Nc2cc(O)c(NC(=O)c3ccc(S(=O)(=O)CC(C)C)cc3)cc2-n2nccn2)cc1F. The molecule has 1 aromatic heterocycles. The minimum Gasteiger partial charge on any atom is -0.506 e. The van der Waals surface area contributed by atoms with Gasteiger partial charge in [-0.15, -0.1) is 4.80 Å². The Morgan fingerprint density at radius 1 is 0.975 bits per heavy atom. The number of carbonyl (C=O) groups is 2. The fourth-order valence-corrected chi connectivity index (χ4v) is 5.38. The average molecular weight is 563 g/mol. The van der Waals surface area contributed by atoms with E-state index in [1.165, 1.54) is 54.9 Å². The Balaban J connectivity index is 1.61. The fourth-order valence-electron chi connectivity index (χ4n) is 3.76. The van der Waals surface area contributed by atoms with E-state index in [1.54, 1.807) is 13.8 Å². The lowest BCUT2D eigenvalue weighted by atomic mass is 10.1. The van der Waals surface area contributed by atoms with Crippen molar-refractivity contribution in [2.45, 2.75) is 18.7 Å². The average Bonchev–Trinajstić information content (AvgIpc) is 3.44. The number of nitrogens with zero attached hydrogens (tertiary/aromatic N) is 4. The van der Waals surface area contributed by atoms with Gasteiger partial charge in [0.05, 0.1) is 41.0 Å². The van der Waals surface area contributed by atoms with Gasteiger partial charge in [-0.25, -0.2) is 17.7 Å². The van der Waals surface area contributed by atoms with Crippen LogP contribution in [0.4, 0.5) is 21.5 Å². The lowest BCUT2D eigenvalue weighted by Gasteiger charge is -2.15. The molecule has 0 spiro atoms. The highest BCUT2D eigenvalue weighted by molar-refractivity contribution is 7.91. The van der Waals surface area contributed by atoms with E-state index >= 15 is 0 Å². The molecule has 0 bridgehead atoms. The Morgan fingerprint density at radius 3 is 2.17 bits per heavy atom. The molecule has 40 heavy (non-hydrogen) atoms. The van der Waals surface area contributed by atoms with Gasteiger partial charge in [0.15, 0.2) is 9.84 Å². The first-order valence-corrected chi connectivity index (χ1v) is 13.5. The molecular weight excluding hydrogens is 539 g/mol. The maximum absolute atomic E-state index is 14.0. The lowest BCUT2D eigenvalue weighted by molar-refractivity contribution is 0.101. The molecule has 2 amide bonds. The molecule has 0 aliphatic rings. The molecule has 1 heterocycles. The second kappa shape index (κ2) is 11.3. The summed E-state index contributed by atoms with van der Waals surface area (Å²) in [5.41, 5.74) is 0.0108. The van der Waals surface area contributed by atoms with Crippen LogP contribution in [0, 0.1) is 18.3 Å². The Kier molecular flexibility index (Phi) is 7.92. The van der Waals surface area contributed by atoms with Crippen molar-refractivity contribution in [2.24, 2.45) is 5.92 Å². The van der Waals surface area contributed by atoms with E-state index in [-0.39, 0.29) is 50.4 Å². The molecule has 3 aromatic carbocycles. The van der Waals surface area contributed by atoms with E-state index in [0.29, 0.717) is 0 Å². The topological polar surface area (TPSA) is 148 Å². The molecule has 0 fully saturated rings. The fraction of sp³-hybridized carbons (Fsp3) is 0.148. The van der Waals surface area contributed by atoms with Gasteiger partial charge in [0, 0.05) is 17.2 Å². The van der Waals surface area contributed by atoms with Gasteiger partial charge in [-0.2, -0.15) is 10.2 Å². The molecule has 0 unspecified atom stereocenters. The molecule has 3 N–H and O–H groups in total. The molecule has 4 rings (SSSR count). The van der Waals surface area contributed by atoms with Gasteiger partial charge in [-0.05, 0) is 42.3 Å². The van der Waals surface area contributed by atoms with Crippen LogP contribution >= 0.6 is 0 Å². The molecule has 0 aliphatic carbocycles. The highest BCUT2D eigenvalue weighted by atomic mass is 32.2. The molecule has 0 radical (unpaired) electrons.